The molecule has 0 aliphatic carbocycles. The molecule has 0 N–H and O–H groups in total. The van der Waals surface area contributed by atoms with E-state index in [0.29, 0.717) is 0 Å². The summed E-state index contributed by atoms with van der Waals surface area (Å²) < 4.78 is 5.28. The highest BCUT2D eigenvalue weighted by Crippen LogP contribution is 2.52. The molecule has 0 aliphatic heterocycles. The van der Waals surface area contributed by atoms with Crippen LogP contribution in [-0.2, 0) is 0 Å². The molecule has 60 heavy (non-hydrogen) atoms. The summed E-state index contributed by atoms with van der Waals surface area (Å²) in [7, 11) is 0. The van der Waals surface area contributed by atoms with Gasteiger partial charge in [0, 0.05) is 45.9 Å². The van der Waals surface area contributed by atoms with Gasteiger partial charge in [0.1, 0.15) is 0 Å². The Morgan fingerprint density at radius 2 is 0.567 bits per heavy atom. The fraction of sp³-hybridized carbons (Fsp3) is 0. The molecule has 13 aromatic rings. The molecular formula is C58H34S2. The maximum absolute atomic E-state index is 2.36. The van der Waals surface area contributed by atoms with Crippen LogP contribution in [0.25, 0.3) is 128 Å². The molecule has 0 unspecified atom stereocenters. The lowest BCUT2D eigenvalue weighted by Crippen LogP contribution is -1.91. The number of thiophene rings is 2. The topological polar surface area (TPSA) is 0 Å². The maximum Gasteiger partial charge on any atom is 0.0434 e. The molecule has 0 bridgehead atoms. The molecule has 278 valence electrons. The van der Waals surface area contributed by atoms with Crippen molar-refractivity contribution in [2.45, 2.75) is 0 Å². The molecule has 0 saturated heterocycles. The maximum atomic E-state index is 2.36. The SMILES string of the molecule is c1ccc(-c2c3ccccc3c(-c3cccc4sc5c(-c6c7ccccc7c(-c7cccc8sc9ccccc9c78)c7ccccc67)cccc5c34)c3ccccc23)cc1. The minimum Gasteiger partial charge on any atom is -0.135 e. The third-order valence-electron chi connectivity index (χ3n) is 12.7. The molecule has 2 heterocycles. The van der Waals surface area contributed by atoms with Gasteiger partial charge < -0.3 is 0 Å². The smallest absolute Gasteiger partial charge is 0.0434 e. The third kappa shape index (κ3) is 4.84. The first-order valence-electron chi connectivity index (χ1n) is 20.6. The lowest BCUT2D eigenvalue weighted by Gasteiger charge is -2.19. The van der Waals surface area contributed by atoms with Crippen LogP contribution in [0.4, 0.5) is 0 Å². The number of rotatable bonds is 4. The minimum absolute atomic E-state index is 1.24. The average Bonchev–Trinajstić information content (AvgIpc) is 3.90. The van der Waals surface area contributed by atoms with Gasteiger partial charge in [-0.2, -0.15) is 0 Å². The van der Waals surface area contributed by atoms with Crippen LogP contribution in [-0.4, -0.2) is 0 Å². The van der Waals surface area contributed by atoms with Gasteiger partial charge in [-0.05, 0) is 100 Å². The summed E-state index contributed by atoms with van der Waals surface area (Å²) in [5.74, 6) is 0. The Hall–Kier alpha value is -7.10. The second-order valence-corrected chi connectivity index (χ2v) is 17.9. The molecule has 0 aliphatic rings. The van der Waals surface area contributed by atoms with Crippen LogP contribution in [0.5, 0.6) is 0 Å². The molecule has 2 heteroatoms. The molecule has 11 aromatic carbocycles. The van der Waals surface area contributed by atoms with Crippen molar-refractivity contribution in [3.05, 3.63) is 206 Å². The Labute approximate surface area is 354 Å². The molecule has 0 fully saturated rings. The van der Waals surface area contributed by atoms with Crippen molar-refractivity contribution in [2.75, 3.05) is 0 Å². The third-order valence-corrected chi connectivity index (χ3v) is 15.0. The normalized spacial score (nSPS) is 12.0. The van der Waals surface area contributed by atoms with Crippen LogP contribution in [0, 0.1) is 0 Å². The van der Waals surface area contributed by atoms with Gasteiger partial charge in [0.15, 0.2) is 0 Å². The summed E-state index contributed by atoms with van der Waals surface area (Å²) in [5, 5.41) is 15.5. The average molecular weight is 795 g/mol. The number of fused-ring (bicyclic) bond motifs is 10. The van der Waals surface area contributed by atoms with E-state index in [1.54, 1.807) is 0 Å². The van der Waals surface area contributed by atoms with E-state index in [0.717, 1.165) is 0 Å². The predicted octanol–water partition coefficient (Wildman–Crippen LogP) is 17.7. The first kappa shape index (κ1) is 33.8. The minimum atomic E-state index is 1.24. The fourth-order valence-electron chi connectivity index (χ4n) is 10.3. The van der Waals surface area contributed by atoms with E-state index in [1.165, 1.54) is 128 Å². The standard InChI is InChI=1S/C58H34S2/c1-2-17-35(18-3-1)52-36-19-4-6-21-38(36)53(39-22-7-5-20-37(39)52)46-29-16-34-51-57(46)48-31-14-30-47(58(48)60-51)55-42-25-10-8-23-40(42)54(41-24-9-11-26-43(41)55)45-28-15-33-50-56(45)44-27-12-13-32-49(44)59-50/h1-34H. The second-order valence-electron chi connectivity index (χ2n) is 15.8. The fourth-order valence-corrected chi connectivity index (χ4v) is 12.7. The molecule has 13 rings (SSSR count). The summed E-state index contributed by atoms with van der Waals surface area (Å²) in [5.41, 5.74) is 10.3. The van der Waals surface area contributed by atoms with Gasteiger partial charge >= 0.3 is 0 Å². The van der Waals surface area contributed by atoms with Crippen LogP contribution < -0.4 is 0 Å². The monoisotopic (exact) mass is 794 g/mol. The van der Waals surface area contributed by atoms with Crippen molar-refractivity contribution >= 4 is 106 Å². The van der Waals surface area contributed by atoms with Crippen molar-refractivity contribution in [1.29, 1.82) is 0 Å². The highest BCUT2D eigenvalue weighted by molar-refractivity contribution is 7.26. The van der Waals surface area contributed by atoms with E-state index in [4.69, 9.17) is 0 Å². The van der Waals surface area contributed by atoms with Crippen LogP contribution in [0.1, 0.15) is 0 Å². The first-order chi connectivity index (χ1) is 29.8. The summed E-state index contributed by atoms with van der Waals surface area (Å²) in [6, 6.07) is 76.7. The zero-order valence-electron chi connectivity index (χ0n) is 32.4. The van der Waals surface area contributed by atoms with Gasteiger partial charge in [0.05, 0.1) is 0 Å². The highest BCUT2D eigenvalue weighted by atomic mass is 32.1. The van der Waals surface area contributed by atoms with Crippen LogP contribution in [0.3, 0.4) is 0 Å². The summed E-state index contributed by atoms with van der Waals surface area (Å²) in [6.07, 6.45) is 0. The summed E-state index contributed by atoms with van der Waals surface area (Å²) >= 11 is 3.81. The largest absolute Gasteiger partial charge is 0.135 e. The Morgan fingerprint density at radius 1 is 0.217 bits per heavy atom. The summed E-state index contributed by atoms with van der Waals surface area (Å²) in [4.78, 5) is 0. The number of hydrogen-bond donors (Lipinski definition) is 0. The van der Waals surface area contributed by atoms with E-state index in [2.05, 4.69) is 206 Å². The predicted molar refractivity (Wildman–Crippen MR) is 264 cm³/mol. The molecular weight excluding hydrogens is 761 g/mol. The quantitative estimate of drug-likeness (QED) is 0.156. The molecule has 0 saturated carbocycles. The van der Waals surface area contributed by atoms with Crippen LogP contribution in [0.15, 0.2) is 206 Å². The lowest BCUT2D eigenvalue weighted by molar-refractivity contribution is 1.67. The Balaban J connectivity index is 1.11. The van der Waals surface area contributed by atoms with Crippen molar-refractivity contribution in [3.63, 3.8) is 0 Å². The van der Waals surface area contributed by atoms with Gasteiger partial charge in [-0.1, -0.05) is 188 Å². The Bertz CT molecular complexity index is 3770. The van der Waals surface area contributed by atoms with Gasteiger partial charge in [-0.3, -0.25) is 0 Å². The van der Waals surface area contributed by atoms with E-state index >= 15 is 0 Å². The lowest BCUT2D eigenvalue weighted by atomic mass is 9.84. The van der Waals surface area contributed by atoms with Crippen molar-refractivity contribution in [3.8, 4) is 44.5 Å². The Kier molecular flexibility index (Phi) is 7.45. The highest BCUT2D eigenvalue weighted by Gasteiger charge is 2.24. The molecule has 2 aromatic heterocycles. The van der Waals surface area contributed by atoms with Crippen LogP contribution in [0.2, 0.25) is 0 Å². The molecule has 0 amide bonds. The van der Waals surface area contributed by atoms with Crippen molar-refractivity contribution in [2.24, 2.45) is 0 Å². The van der Waals surface area contributed by atoms with Crippen molar-refractivity contribution < 1.29 is 0 Å². The number of benzene rings is 11. The molecule has 0 spiro atoms. The van der Waals surface area contributed by atoms with Crippen molar-refractivity contribution in [1.82, 2.24) is 0 Å². The van der Waals surface area contributed by atoms with Crippen LogP contribution >= 0.6 is 22.7 Å². The van der Waals surface area contributed by atoms with Gasteiger partial charge in [-0.15, -0.1) is 22.7 Å². The molecule has 0 radical (unpaired) electrons. The molecule has 0 atom stereocenters. The number of hydrogen-bond acceptors (Lipinski definition) is 2. The zero-order valence-corrected chi connectivity index (χ0v) is 34.1. The van der Waals surface area contributed by atoms with E-state index < -0.39 is 0 Å². The van der Waals surface area contributed by atoms with Gasteiger partial charge in [-0.25, -0.2) is 0 Å². The second kappa shape index (κ2) is 13.2. The Morgan fingerprint density at radius 3 is 1.10 bits per heavy atom. The van der Waals surface area contributed by atoms with E-state index in [9.17, 15) is 0 Å². The van der Waals surface area contributed by atoms with E-state index in [1.807, 2.05) is 22.7 Å². The van der Waals surface area contributed by atoms with Gasteiger partial charge in [0.2, 0.25) is 0 Å². The van der Waals surface area contributed by atoms with E-state index in [-0.39, 0.29) is 0 Å². The zero-order chi connectivity index (χ0) is 39.3. The first-order valence-corrected chi connectivity index (χ1v) is 22.2. The summed E-state index contributed by atoms with van der Waals surface area (Å²) in [6.45, 7) is 0. The molecule has 0 nitrogen and oxygen atoms in total. The van der Waals surface area contributed by atoms with Gasteiger partial charge in [0.25, 0.3) is 0 Å².